The summed E-state index contributed by atoms with van der Waals surface area (Å²) in [5.41, 5.74) is -5.44. The molecule has 3 fully saturated rings. The summed E-state index contributed by atoms with van der Waals surface area (Å²) in [6.45, 7) is -13.0. The van der Waals surface area contributed by atoms with Crippen molar-refractivity contribution in [1.82, 2.24) is 20.9 Å². The molecule has 3 N–H and O–H groups in total. The summed E-state index contributed by atoms with van der Waals surface area (Å²) in [7, 11) is 0. The third-order valence-electron chi connectivity index (χ3n) is 6.51. The highest BCUT2D eigenvalue weighted by molar-refractivity contribution is 5.95. The number of carbonyl (C=O) groups is 4. The Morgan fingerprint density at radius 3 is 2.54 bits per heavy atom. The van der Waals surface area contributed by atoms with Gasteiger partial charge in [0.05, 0.1) is 8.81 Å². The Kier molecular flexibility index (Phi) is 3.60. The molecule has 9 nitrogen and oxygen atoms in total. The molecule has 0 spiro atoms. The lowest BCUT2D eigenvalue weighted by Gasteiger charge is -2.37. The van der Waals surface area contributed by atoms with Crippen LogP contribution in [0.2, 0.25) is 0 Å². The van der Waals surface area contributed by atoms with Gasteiger partial charge in [-0.3, -0.25) is 19.2 Å². The Labute approximate surface area is 220 Å². The topological polar surface area (TPSA) is 131 Å². The second kappa shape index (κ2) is 8.99. The molecule has 2 heterocycles. The number of amides is 4. The minimum Gasteiger partial charge on any atom is -0.356 e. The molecule has 12 heteroatoms. The van der Waals surface area contributed by atoms with Crippen molar-refractivity contribution in [1.29, 1.82) is 5.26 Å². The average Bonchev–Trinajstić information content (AvgIpc) is 3.09. The molecule has 6 atom stereocenters. The second-order valence-corrected chi connectivity index (χ2v) is 9.27. The lowest BCUT2D eigenvalue weighted by molar-refractivity contribution is -0.176. The Balaban J connectivity index is 2.19. The third-order valence-corrected chi connectivity index (χ3v) is 6.51. The molecule has 3 aliphatic rings. The molecular weight excluding hydrogens is 467 g/mol. The van der Waals surface area contributed by atoms with Crippen LogP contribution in [0.4, 0.5) is 13.2 Å². The minimum absolute atomic E-state index is 0.126. The van der Waals surface area contributed by atoms with Crippen LogP contribution in [0.15, 0.2) is 0 Å². The van der Waals surface area contributed by atoms with Crippen molar-refractivity contribution in [3.05, 3.63) is 0 Å². The van der Waals surface area contributed by atoms with E-state index in [-0.39, 0.29) is 4.90 Å². The van der Waals surface area contributed by atoms with E-state index in [1.807, 2.05) is 10.6 Å². The first kappa shape index (κ1) is 14.0. The van der Waals surface area contributed by atoms with E-state index in [2.05, 4.69) is 0 Å². The van der Waals surface area contributed by atoms with Crippen LogP contribution in [0, 0.1) is 39.9 Å². The number of rotatable bonds is 6. The molecule has 3 rings (SSSR count). The number of alkyl halides is 3. The van der Waals surface area contributed by atoms with E-state index in [0.29, 0.717) is 0 Å². The van der Waals surface area contributed by atoms with Gasteiger partial charge in [0, 0.05) is 34.0 Å². The number of hydrogen-bond acceptors (Lipinski definition) is 5. The Morgan fingerprint density at radius 1 is 1.37 bits per heavy atom. The molecule has 0 aromatic carbocycles. The molecule has 1 aliphatic carbocycles. The highest BCUT2D eigenvalue weighted by Crippen LogP contribution is 2.65. The van der Waals surface area contributed by atoms with Crippen LogP contribution in [0.3, 0.4) is 0 Å². The van der Waals surface area contributed by atoms with Gasteiger partial charge in [0.2, 0.25) is 17.7 Å². The number of carbonyl (C=O) groups excluding carboxylic acids is 4. The van der Waals surface area contributed by atoms with Crippen LogP contribution in [0.1, 0.15) is 65.1 Å². The first-order valence-corrected chi connectivity index (χ1v) is 10.4. The van der Waals surface area contributed by atoms with Crippen molar-refractivity contribution in [3.8, 4) is 6.07 Å². The van der Waals surface area contributed by atoms with Crippen LogP contribution in [-0.4, -0.2) is 65.8 Å². The average molecular weight is 513 g/mol. The summed E-state index contributed by atoms with van der Waals surface area (Å²) >= 11 is 0. The first-order valence-electron chi connectivity index (χ1n) is 16.9. The van der Waals surface area contributed by atoms with Gasteiger partial charge in [-0.15, -0.1) is 0 Å². The second-order valence-electron chi connectivity index (χ2n) is 9.27. The lowest BCUT2D eigenvalue weighted by Crippen LogP contribution is -2.61. The quantitative estimate of drug-likeness (QED) is 0.491. The van der Waals surface area contributed by atoms with Crippen molar-refractivity contribution >= 4 is 23.6 Å². The van der Waals surface area contributed by atoms with Crippen LogP contribution in [0.5, 0.6) is 0 Å². The fourth-order valence-corrected chi connectivity index (χ4v) is 4.48. The summed E-state index contributed by atoms with van der Waals surface area (Å²) in [4.78, 5) is 52.6. The van der Waals surface area contributed by atoms with Crippen molar-refractivity contribution in [3.63, 3.8) is 0 Å². The van der Waals surface area contributed by atoms with Crippen LogP contribution < -0.4 is 16.0 Å². The number of piperidine rings is 1. The summed E-state index contributed by atoms with van der Waals surface area (Å²) in [6.07, 6.45) is -7.28. The number of fused-ring (bicyclic) bond motifs is 1. The number of hydrogen-bond donors (Lipinski definition) is 3. The van der Waals surface area contributed by atoms with Crippen molar-refractivity contribution < 1.29 is 50.2 Å². The number of halogens is 3. The number of nitrogens with zero attached hydrogens (tertiary/aromatic N) is 2. The van der Waals surface area contributed by atoms with E-state index in [9.17, 15) is 39.0 Å². The number of nitriles is 1. The van der Waals surface area contributed by atoms with E-state index >= 15 is 0 Å². The maximum Gasteiger partial charge on any atom is 0.471 e. The van der Waals surface area contributed by atoms with Crippen LogP contribution >= 0.6 is 0 Å². The molecule has 35 heavy (non-hydrogen) atoms. The zero-order valence-corrected chi connectivity index (χ0v) is 18.6. The summed E-state index contributed by atoms with van der Waals surface area (Å²) < 4.78 is 145. The zero-order chi connectivity index (χ0) is 37.6. The molecule has 1 unspecified atom stereocenters. The summed E-state index contributed by atoms with van der Waals surface area (Å²) in [5.74, 6) is -11.3. The van der Waals surface area contributed by atoms with Gasteiger partial charge in [0.15, 0.2) is 0 Å². The van der Waals surface area contributed by atoms with Gasteiger partial charge in [0.1, 0.15) is 18.1 Å². The normalized spacial score (nSPS) is 39.9. The fraction of sp³-hybridized carbons (Fsp3) is 0.783. The molecule has 2 saturated heterocycles. The van der Waals surface area contributed by atoms with Crippen LogP contribution in [0.25, 0.3) is 0 Å². The van der Waals surface area contributed by atoms with E-state index in [4.69, 9.17) is 16.4 Å². The minimum atomic E-state index is -5.91. The largest absolute Gasteiger partial charge is 0.471 e. The molecule has 0 aromatic rings. The molecule has 194 valence electrons. The smallest absolute Gasteiger partial charge is 0.356 e. The first-order chi connectivity index (χ1) is 21.2. The Bertz CT molecular complexity index is 1390. The predicted octanol–water partition coefficient (Wildman–Crippen LogP) is 1.10. The molecule has 0 aromatic heterocycles. The Hall–Kier alpha value is -2.84. The van der Waals surface area contributed by atoms with Crippen molar-refractivity contribution in [2.75, 3.05) is 13.0 Å². The van der Waals surface area contributed by atoms with Crippen LogP contribution in [-0.2, 0) is 19.2 Å². The number of nitrogens with one attached hydrogen (secondary N) is 3. The van der Waals surface area contributed by atoms with Gasteiger partial charge in [-0.05, 0) is 35.5 Å². The van der Waals surface area contributed by atoms with E-state index < -0.39 is 123 Å². The summed E-state index contributed by atoms with van der Waals surface area (Å²) in [5, 5.41) is 14.6. The SMILES string of the molecule is [2H]C1([2H])C[C@@H](C[C@@]([2H])(C#N)NC(=O)[C@]2([2H])[C@@H]3[C@H](CN2C(=O)C(NC(=O)C(F)(F)F)C(C([2H])([2H])[2H])(C([2H])([2H])[2H])C([2H])([2H])[2H])C3(C)C)C(=O)N1. The van der Waals surface area contributed by atoms with Crippen molar-refractivity contribution in [2.45, 2.75) is 71.5 Å². The molecular formula is C23H32F3N5O4. The third kappa shape index (κ3) is 5.23. The maximum atomic E-state index is 14.2. The molecule has 0 radical (unpaired) electrons. The predicted molar refractivity (Wildman–Crippen MR) is 117 cm³/mol. The highest BCUT2D eigenvalue weighted by atomic mass is 19.4. The van der Waals surface area contributed by atoms with E-state index in [1.165, 1.54) is 19.9 Å². The van der Waals surface area contributed by atoms with Crippen molar-refractivity contribution in [2.24, 2.45) is 28.6 Å². The van der Waals surface area contributed by atoms with Gasteiger partial charge < -0.3 is 20.9 Å². The molecule has 1 saturated carbocycles. The monoisotopic (exact) mass is 512 g/mol. The van der Waals surface area contributed by atoms with Gasteiger partial charge >= 0.3 is 12.1 Å². The molecule has 0 bridgehead atoms. The highest BCUT2D eigenvalue weighted by Gasteiger charge is 2.70. The zero-order valence-electron chi connectivity index (χ0n) is 31.6. The number of likely N-dealkylation sites (tertiary alicyclic amines) is 1. The van der Waals surface area contributed by atoms with E-state index in [0.717, 1.165) is 5.32 Å². The van der Waals surface area contributed by atoms with Gasteiger partial charge in [-0.25, -0.2) is 0 Å². The van der Waals surface area contributed by atoms with E-state index in [1.54, 1.807) is 0 Å². The molecule has 4 amide bonds. The molecule has 2 aliphatic heterocycles. The fourth-order valence-electron chi connectivity index (χ4n) is 4.48. The van der Waals surface area contributed by atoms with Gasteiger partial charge in [-0.2, -0.15) is 18.4 Å². The van der Waals surface area contributed by atoms with Gasteiger partial charge in [-0.1, -0.05) is 34.4 Å². The lowest BCUT2D eigenvalue weighted by atomic mass is 9.85. The standard InChI is InChI=1S/C23H32F3N5O4/c1-21(2,3)16(30-20(35)23(24,25)26)19(34)31-10-13-14(22(13,4)5)15(31)18(33)29-12(9-27)8-11-6-7-28-17(11)32/h11-16H,6-8,10H2,1-5H3,(H,28,32)(H,29,33)(H,30,35)/t11-,12-,13-,14-,15-,16?/m0/s1/i1D3,2D3,3D3,7D2,12D,15D. The van der Waals surface area contributed by atoms with Gasteiger partial charge in [0.25, 0.3) is 0 Å². The Morgan fingerprint density at radius 2 is 2.03 bits per heavy atom. The maximum absolute atomic E-state index is 14.2. The summed E-state index contributed by atoms with van der Waals surface area (Å²) in [6, 6.07) is -8.02.